The minimum atomic E-state index is -1.12. The number of ether oxygens (including phenoxy) is 1. The van der Waals surface area contributed by atoms with Crippen LogP contribution in [0.15, 0.2) is 24.3 Å². The molecule has 2 heterocycles. The van der Waals surface area contributed by atoms with Crippen molar-refractivity contribution in [3.63, 3.8) is 0 Å². The van der Waals surface area contributed by atoms with Crippen LogP contribution < -0.4 is 5.32 Å². The lowest BCUT2D eigenvalue weighted by Gasteiger charge is -2.28. The Morgan fingerprint density at radius 1 is 1.22 bits per heavy atom. The first-order valence-corrected chi connectivity index (χ1v) is 9.24. The number of carboxylic acid groups (broad SMARTS) is 1. The number of benzene rings is 1. The zero-order chi connectivity index (χ0) is 19.8. The molecule has 3 atom stereocenters. The number of aliphatic carboxylic acids is 1. The fraction of sp³-hybridized carbons (Fsp3) is 0.550. The summed E-state index contributed by atoms with van der Waals surface area (Å²) in [6, 6.07) is 6.28. The average molecular weight is 374 g/mol. The first-order valence-electron chi connectivity index (χ1n) is 9.24. The summed E-state index contributed by atoms with van der Waals surface area (Å²) in [7, 11) is 0. The van der Waals surface area contributed by atoms with E-state index in [-0.39, 0.29) is 18.7 Å². The number of carbonyl (C=O) groups is 3. The second-order valence-electron chi connectivity index (χ2n) is 8.16. The van der Waals surface area contributed by atoms with Gasteiger partial charge in [-0.05, 0) is 44.7 Å². The molecule has 2 aliphatic heterocycles. The molecule has 0 bridgehead atoms. The van der Waals surface area contributed by atoms with E-state index in [2.05, 4.69) is 5.32 Å². The van der Waals surface area contributed by atoms with Crippen molar-refractivity contribution in [2.24, 2.45) is 5.92 Å². The van der Waals surface area contributed by atoms with E-state index < -0.39 is 35.7 Å². The summed E-state index contributed by atoms with van der Waals surface area (Å²) in [6.45, 7) is 5.93. The number of amides is 1. The Morgan fingerprint density at radius 3 is 2.59 bits per heavy atom. The molecule has 0 aliphatic carbocycles. The van der Waals surface area contributed by atoms with Gasteiger partial charge >= 0.3 is 12.1 Å². The number of carboxylic acids is 1. The second-order valence-corrected chi connectivity index (χ2v) is 8.16. The number of Topliss-reactive ketones (excluding diaryl/α,β-unsaturated/α-hetero) is 1. The van der Waals surface area contributed by atoms with Gasteiger partial charge < -0.3 is 15.2 Å². The van der Waals surface area contributed by atoms with E-state index in [1.807, 2.05) is 24.3 Å². The number of nitrogens with one attached hydrogen (secondary N) is 1. The summed E-state index contributed by atoms with van der Waals surface area (Å²) in [5.41, 5.74) is 1.34. The van der Waals surface area contributed by atoms with Crippen molar-refractivity contribution in [1.29, 1.82) is 0 Å². The van der Waals surface area contributed by atoms with E-state index in [1.165, 1.54) is 4.90 Å². The Hall–Kier alpha value is -2.41. The quantitative estimate of drug-likeness (QED) is 0.842. The van der Waals surface area contributed by atoms with Gasteiger partial charge in [-0.25, -0.2) is 9.59 Å². The Kier molecular flexibility index (Phi) is 5.24. The monoisotopic (exact) mass is 374 g/mol. The van der Waals surface area contributed by atoms with E-state index in [9.17, 15) is 19.5 Å². The number of ketones is 1. The lowest BCUT2D eigenvalue weighted by Crippen LogP contribution is -2.43. The molecule has 1 aromatic rings. The first kappa shape index (κ1) is 19.4. The summed E-state index contributed by atoms with van der Waals surface area (Å²) in [5, 5.41) is 12.8. The molecule has 7 heteroatoms. The molecule has 7 nitrogen and oxygen atoms in total. The summed E-state index contributed by atoms with van der Waals surface area (Å²) >= 11 is 0. The Morgan fingerprint density at radius 2 is 1.93 bits per heavy atom. The third kappa shape index (κ3) is 4.13. The Bertz CT molecular complexity index is 755. The predicted octanol–water partition coefficient (Wildman–Crippen LogP) is 2.15. The van der Waals surface area contributed by atoms with Gasteiger partial charge in [0.2, 0.25) is 0 Å². The SMILES string of the molecule is CC(C)(C)OC(=O)N1CC(C(=O)C2NCCc3ccccc32)C[C@H]1C(=O)O. The highest BCUT2D eigenvalue weighted by molar-refractivity contribution is 5.91. The molecule has 3 rings (SSSR count). The van der Waals surface area contributed by atoms with E-state index >= 15 is 0 Å². The van der Waals surface area contributed by atoms with Crippen LogP contribution in [0.2, 0.25) is 0 Å². The van der Waals surface area contributed by atoms with E-state index in [0.29, 0.717) is 6.54 Å². The van der Waals surface area contributed by atoms with Crippen LogP contribution in [0, 0.1) is 5.92 Å². The topological polar surface area (TPSA) is 95.9 Å². The van der Waals surface area contributed by atoms with Crippen molar-refractivity contribution in [1.82, 2.24) is 10.2 Å². The number of fused-ring (bicyclic) bond motifs is 1. The molecule has 2 aliphatic rings. The zero-order valence-electron chi connectivity index (χ0n) is 15.9. The number of rotatable bonds is 3. The maximum absolute atomic E-state index is 13.2. The Labute approximate surface area is 158 Å². The molecule has 2 N–H and O–H groups in total. The fourth-order valence-corrected chi connectivity index (χ4v) is 3.79. The van der Waals surface area contributed by atoms with Crippen LogP contribution in [0.3, 0.4) is 0 Å². The molecule has 2 unspecified atom stereocenters. The van der Waals surface area contributed by atoms with Crippen LogP contribution in [-0.2, 0) is 20.7 Å². The van der Waals surface area contributed by atoms with Crippen molar-refractivity contribution in [2.45, 2.75) is 51.3 Å². The molecule has 1 aromatic carbocycles. The van der Waals surface area contributed by atoms with Gasteiger partial charge in [0.05, 0.1) is 6.04 Å². The number of hydrogen-bond donors (Lipinski definition) is 2. The van der Waals surface area contributed by atoms with Crippen molar-refractivity contribution in [3.8, 4) is 0 Å². The van der Waals surface area contributed by atoms with Crippen molar-refractivity contribution >= 4 is 17.8 Å². The van der Waals surface area contributed by atoms with Gasteiger partial charge in [-0.1, -0.05) is 24.3 Å². The van der Waals surface area contributed by atoms with Gasteiger partial charge in [0, 0.05) is 19.0 Å². The number of nitrogens with zero attached hydrogens (tertiary/aromatic N) is 1. The third-order valence-electron chi connectivity index (χ3n) is 5.01. The zero-order valence-corrected chi connectivity index (χ0v) is 15.9. The highest BCUT2D eigenvalue weighted by Crippen LogP contribution is 2.32. The maximum Gasteiger partial charge on any atom is 0.411 e. The number of carbonyl (C=O) groups excluding carboxylic acids is 2. The van der Waals surface area contributed by atoms with Gasteiger partial charge in [-0.15, -0.1) is 0 Å². The lowest BCUT2D eigenvalue weighted by atomic mass is 9.86. The molecule has 0 spiro atoms. The minimum absolute atomic E-state index is 0.0606. The molecule has 0 radical (unpaired) electrons. The molecule has 1 saturated heterocycles. The summed E-state index contributed by atoms with van der Waals surface area (Å²) < 4.78 is 5.33. The molecular formula is C20H26N2O5. The standard InChI is InChI=1S/C20H26N2O5/c1-20(2,3)27-19(26)22-11-13(10-15(22)18(24)25)17(23)16-14-7-5-4-6-12(14)8-9-21-16/h4-7,13,15-16,21H,8-11H2,1-3H3,(H,24,25)/t13?,15-,16?/m0/s1. The van der Waals surface area contributed by atoms with Crippen LogP contribution in [0.4, 0.5) is 4.79 Å². The first-order chi connectivity index (χ1) is 12.7. The molecule has 0 saturated carbocycles. The van der Waals surface area contributed by atoms with Crippen LogP contribution in [0.25, 0.3) is 0 Å². The van der Waals surface area contributed by atoms with Crippen LogP contribution in [0.1, 0.15) is 44.4 Å². The van der Waals surface area contributed by atoms with Crippen molar-refractivity contribution in [2.75, 3.05) is 13.1 Å². The molecule has 27 heavy (non-hydrogen) atoms. The van der Waals surface area contributed by atoms with Gasteiger partial charge in [0.15, 0.2) is 5.78 Å². The van der Waals surface area contributed by atoms with Gasteiger partial charge in [0.1, 0.15) is 11.6 Å². The molecule has 146 valence electrons. The average Bonchev–Trinajstić information content (AvgIpc) is 3.05. The van der Waals surface area contributed by atoms with Gasteiger partial charge in [0.25, 0.3) is 0 Å². The van der Waals surface area contributed by atoms with E-state index in [1.54, 1.807) is 20.8 Å². The third-order valence-corrected chi connectivity index (χ3v) is 5.01. The fourth-order valence-electron chi connectivity index (χ4n) is 3.79. The van der Waals surface area contributed by atoms with Crippen molar-refractivity contribution in [3.05, 3.63) is 35.4 Å². The smallest absolute Gasteiger partial charge is 0.411 e. The molecule has 0 aromatic heterocycles. The maximum atomic E-state index is 13.2. The largest absolute Gasteiger partial charge is 0.480 e. The normalized spacial score (nSPS) is 25.0. The second kappa shape index (κ2) is 7.31. The molecule has 1 fully saturated rings. The minimum Gasteiger partial charge on any atom is -0.480 e. The predicted molar refractivity (Wildman–Crippen MR) is 98.4 cm³/mol. The highest BCUT2D eigenvalue weighted by Gasteiger charge is 2.45. The summed E-state index contributed by atoms with van der Waals surface area (Å²) in [4.78, 5) is 38.4. The Balaban J connectivity index is 1.79. The van der Waals surface area contributed by atoms with E-state index in [0.717, 1.165) is 17.5 Å². The number of hydrogen-bond acceptors (Lipinski definition) is 5. The lowest BCUT2D eigenvalue weighted by molar-refractivity contribution is -0.142. The van der Waals surface area contributed by atoms with Crippen LogP contribution in [-0.4, -0.2) is 52.6 Å². The number of likely N-dealkylation sites (tertiary alicyclic amines) is 1. The molecule has 1 amide bonds. The summed E-state index contributed by atoms with van der Waals surface area (Å²) in [6.07, 6.45) is 0.266. The van der Waals surface area contributed by atoms with Gasteiger partial charge in [-0.2, -0.15) is 0 Å². The van der Waals surface area contributed by atoms with Crippen LogP contribution >= 0.6 is 0 Å². The van der Waals surface area contributed by atoms with E-state index in [4.69, 9.17) is 4.74 Å². The molecular weight excluding hydrogens is 348 g/mol. The summed E-state index contributed by atoms with van der Waals surface area (Å²) in [5.74, 6) is -1.73. The van der Waals surface area contributed by atoms with Gasteiger partial charge in [-0.3, -0.25) is 9.69 Å². The van der Waals surface area contributed by atoms with Crippen molar-refractivity contribution < 1.29 is 24.2 Å². The van der Waals surface area contributed by atoms with Crippen LogP contribution in [0.5, 0.6) is 0 Å². The highest BCUT2D eigenvalue weighted by atomic mass is 16.6.